The number of phenolic OH excluding ortho intramolecular Hbond substituents is 1. The number of benzene rings is 1. The third kappa shape index (κ3) is 2.31. The number of rotatable bonds is 1. The molecule has 1 saturated carbocycles. The fourth-order valence-corrected chi connectivity index (χ4v) is 3.07. The van der Waals surface area contributed by atoms with Crippen LogP contribution in [-0.4, -0.2) is 22.8 Å². The molecule has 1 aliphatic heterocycles. The van der Waals surface area contributed by atoms with Crippen LogP contribution in [0.2, 0.25) is 5.02 Å². The summed E-state index contributed by atoms with van der Waals surface area (Å²) >= 11 is 11.9. The quantitative estimate of drug-likeness (QED) is 0.843. The van der Waals surface area contributed by atoms with Gasteiger partial charge in [0.25, 0.3) is 0 Å². The molecule has 1 fully saturated rings. The van der Waals surface area contributed by atoms with Gasteiger partial charge in [-0.1, -0.05) is 23.2 Å². The molecule has 7 heteroatoms. The van der Waals surface area contributed by atoms with E-state index in [1.54, 1.807) is 4.90 Å². The predicted molar refractivity (Wildman–Crippen MR) is 84.8 cm³/mol. The van der Waals surface area contributed by atoms with Crippen molar-refractivity contribution in [3.05, 3.63) is 40.1 Å². The summed E-state index contributed by atoms with van der Waals surface area (Å²) in [5.41, 5.74) is 0.460. The number of hydrogen-bond acceptors (Lipinski definition) is 4. The van der Waals surface area contributed by atoms with Crippen LogP contribution in [0.3, 0.4) is 0 Å². The van der Waals surface area contributed by atoms with Crippen molar-refractivity contribution in [1.82, 2.24) is 0 Å². The van der Waals surface area contributed by atoms with Crippen LogP contribution in [0.15, 0.2) is 35.1 Å². The Kier molecular flexibility index (Phi) is 3.18. The van der Waals surface area contributed by atoms with E-state index < -0.39 is 6.04 Å². The minimum atomic E-state index is -0.582. The summed E-state index contributed by atoms with van der Waals surface area (Å²) < 4.78 is 5.70. The number of anilines is 1. The van der Waals surface area contributed by atoms with Crippen LogP contribution in [0.4, 0.5) is 5.69 Å². The van der Waals surface area contributed by atoms with Crippen molar-refractivity contribution in [3.63, 3.8) is 0 Å². The van der Waals surface area contributed by atoms with Crippen molar-refractivity contribution in [1.29, 1.82) is 0 Å². The van der Waals surface area contributed by atoms with E-state index >= 15 is 0 Å². The minimum Gasteiger partial charge on any atom is -0.506 e. The molecule has 1 aromatic carbocycles. The van der Waals surface area contributed by atoms with Crippen molar-refractivity contribution in [2.24, 2.45) is 5.92 Å². The Morgan fingerprint density at radius 1 is 1.30 bits per heavy atom. The minimum absolute atomic E-state index is 0.0421. The average Bonchev–Trinajstić information content (AvgIpc) is 3.33. The summed E-state index contributed by atoms with van der Waals surface area (Å²) in [6, 6.07) is 2.25. The molecule has 3 aliphatic rings. The Morgan fingerprint density at radius 2 is 2.04 bits per heavy atom. The third-order valence-electron chi connectivity index (χ3n) is 4.06. The maximum atomic E-state index is 12.7. The zero-order chi connectivity index (χ0) is 16.3. The number of fused-ring (bicyclic) bond motifs is 2. The lowest BCUT2D eigenvalue weighted by atomic mass is 10.0. The molecule has 5 nitrogen and oxygen atoms in total. The summed E-state index contributed by atoms with van der Waals surface area (Å²) in [4.78, 5) is 26.1. The first-order valence-corrected chi connectivity index (χ1v) is 7.88. The van der Waals surface area contributed by atoms with Crippen molar-refractivity contribution in [2.45, 2.75) is 18.9 Å². The number of allylic oxidation sites excluding steroid dienone is 2. The molecular formula is C16H11Cl2NO4. The molecule has 4 rings (SSSR count). The third-order valence-corrected chi connectivity index (χ3v) is 4.68. The summed E-state index contributed by atoms with van der Waals surface area (Å²) in [5, 5.41) is 9.94. The molecule has 1 heterocycles. The molecule has 0 saturated heterocycles. The van der Waals surface area contributed by atoms with Crippen molar-refractivity contribution in [3.8, 4) is 11.5 Å². The van der Waals surface area contributed by atoms with Gasteiger partial charge in [0.2, 0.25) is 5.91 Å². The van der Waals surface area contributed by atoms with Crippen molar-refractivity contribution < 1.29 is 19.4 Å². The molecule has 2 aliphatic carbocycles. The standard InChI is InChI=1S/C16H11Cl2NO4/c17-8-3-10-14(5-12(8)20)23-15-6-13(21)9(18)4-11(15)19(10)16(22)7-1-2-7/h3-7,10,21H,1-2H2. The highest BCUT2D eigenvalue weighted by atomic mass is 35.5. The summed E-state index contributed by atoms with van der Waals surface area (Å²) in [6.45, 7) is 0. The van der Waals surface area contributed by atoms with Crippen LogP contribution in [0.5, 0.6) is 11.5 Å². The van der Waals surface area contributed by atoms with Crippen LogP contribution in [0.25, 0.3) is 0 Å². The van der Waals surface area contributed by atoms with E-state index in [0.29, 0.717) is 11.4 Å². The largest absolute Gasteiger partial charge is 0.506 e. The van der Waals surface area contributed by atoms with E-state index in [-0.39, 0.29) is 39.2 Å². The highest BCUT2D eigenvalue weighted by molar-refractivity contribution is 6.44. The van der Waals surface area contributed by atoms with Crippen molar-refractivity contribution in [2.75, 3.05) is 4.90 Å². The summed E-state index contributed by atoms with van der Waals surface area (Å²) in [7, 11) is 0. The molecule has 0 spiro atoms. The highest BCUT2D eigenvalue weighted by Crippen LogP contribution is 2.46. The van der Waals surface area contributed by atoms with E-state index in [9.17, 15) is 14.7 Å². The van der Waals surface area contributed by atoms with Crippen LogP contribution in [-0.2, 0) is 9.59 Å². The molecule has 1 atom stereocenters. The SMILES string of the molecule is O=C1C=C2Oc3cc(O)c(Cl)cc3N(C(=O)C3CC3)C2C=C1Cl. The molecule has 0 radical (unpaired) electrons. The van der Waals surface area contributed by atoms with Gasteiger partial charge in [0, 0.05) is 18.1 Å². The lowest BCUT2D eigenvalue weighted by molar-refractivity contribution is -0.120. The maximum absolute atomic E-state index is 12.7. The molecular weight excluding hydrogens is 341 g/mol. The normalized spacial score (nSPS) is 22.6. The number of carbonyl (C=O) groups excluding carboxylic acids is 2. The maximum Gasteiger partial charge on any atom is 0.231 e. The summed E-state index contributed by atoms with van der Waals surface area (Å²) in [6.07, 6.45) is 4.44. The van der Waals surface area contributed by atoms with Gasteiger partial charge in [-0.3, -0.25) is 14.5 Å². The van der Waals surface area contributed by atoms with E-state index in [1.165, 1.54) is 24.3 Å². The first kappa shape index (κ1) is 14.6. The van der Waals surface area contributed by atoms with Crippen LogP contribution in [0.1, 0.15) is 12.8 Å². The Morgan fingerprint density at radius 3 is 2.74 bits per heavy atom. The number of hydrogen-bond donors (Lipinski definition) is 1. The molecule has 1 amide bonds. The number of ketones is 1. The molecule has 0 bridgehead atoms. The molecule has 0 aromatic heterocycles. The zero-order valence-corrected chi connectivity index (χ0v) is 13.3. The van der Waals surface area contributed by atoms with Gasteiger partial charge in [-0.15, -0.1) is 0 Å². The van der Waals surface area contributed by atoms with Gasteiger partial charge in [0.05, 0.1) is 15.7 Å². The van der Waals surface area contributed by atoms with Gasteiger partial charge in [-0.05, 0) is 25.0 Å². The van der Waals surface area contributed by atoms with Gasteiger partial charge >= 0.3 is 0 Å². The molecule has 1 N–H and O–H groups in total. The molecule has 1 aromatic rings. The van der Waals surface area contributed by atoms with Gasteiger partial charge in [-0.2, -0.15) is 0 Å². The lowest BCUT2D eigenvalue weighted by Gasteiger charge is -2.38. The Balaban J connectivity index is 1.89. The first-order chi connectivity index (χ1) is 11.0. The van der Waals surface area contributed by atoms with E-state index in [2.05, 4.69) is 0 Å². The number of carbonyl (C=O) groups is 2. The van der Waals surface area contributed by atoms with Gasteiger partial charge in [0.1, 0.15) is 17.6 Å². The number of phenols is 1. The first-order valence-electron chi connectivity index (χ1n) is 7.12. The molecule has 23 heavy (non-hydrogen) atoms. The Labute approximate surface area is 141 Å². The van der Waals surface area contributed by atoms with E-state index in [0.717, 1.165) is 12.8 Å². The second-order valence-electron chi connectivity index (χ2n) is 5.73. The number of nitrogens with zero attached hydrogens (tertiary/aromatic N) is 1. The van der Waals surface area contributed by atoms with Gasteiger partial charge in [0.15, 0.2) is 11.5 Å². The lowest BCUT2D eigenvalue weighted by Crippen LogP contribution is -2.46. The van der Waals surface area contributed by atoms with Gasteiger partial charge < -0.3 is 9.84 Å². The molecule has 1 unspecified atom stereocenters. The number of halogens is 2. The monoisotopic (exact) mass is 351 g/mol. The summed E-state index contributed by atoms with van der Waals surface area (Å²) in [5.74, 6) is -0.0514. The van der Waals surface area contributed by atoms with E-state index in [1.807, 2.05) is 0 Å². The molecule has 118 valence electrons. The Hall–Kier alpha value is -1.98. The Bertz CT molecular complexity index is 811. The topological polar surface area (TPSA) is 66.8 Å². The highest BCUT2D eigenvalue weighted by Gasteiger charge is 2.43. The second kappa shape index (κ2) is 5.01. The zero-order valence-electron chi connectivity index (χ0n) is 11.8. The number of aromatic hydroxyl groups is 1. The smallest absolute Gasteiger partial charge is 0.231 e. The van der Waals surface area contributed by atoms with Crippen LogP contribution >= 0.6 is 23.2 Å². The van der Waals surface area contributed by atoms with Crippen LogP contribution < -0.4 is 9.64 Å². The average molecular weight is 352 g/mol. The van der Waals surface area contributed by atoms with Crippen molar-refractivity contribution >= 4 is 40.6 Å². The van der Waals surface area contributed by atoms with Crippen LogP contribution in [0, 0.1) is 5.92 Å². The van der Waals surface area contributed by atoms with E-state index in [4.69, 9.17) is 27.9 Å². The second-order valence-corrected chi connectivity index (χ2v) is 6.54. The fraction of sp³-hybridized carbons (Fsp3) is 0.250. The number of amides is 1. The predicted octanol–water partition coefficient (Wildman–Crippen LogP) is 3.14. The number of ether oxygens (including phenoxy) is 1. The van der Waals surface area contributed by atoms with Gasteiger partial charge in [-0.25, -0.2) is 0 Å². The fourth-order valence-electron chi connectivity index (χ4n) is 2.74.